The highest BCUT2D eigenvalue weighted by Gasteiger charge is 2.50. The van der Waals surface area contributed by atoms with Gasteiger partial charge in [0.1, 0.15) is 5.75 Å². The lowest BCUT2D eigenvalue weighted by Gasteiger charge is -2.44. The van der Waals surface area contributed by atoms with Gasteiger partial charge in [-0.15, -0.1) is 0 Å². The van der Waals surface area contributed by atoms with E-state index in [0.717, 1.165) is 35.4 Å². The Morgan fingerprint density at radius 3 is 2.40 bits per heavy atom. The Hall–Kier alpha value is -2.80. The number of nitrogens with zero attached hydrogens (tertiary/aromatic N) is 1. The molecule has 4 nitrogen and oxygen atoms in total. The second-order valence-corrected chi connectivity index (χ2v) is 7.86. The minimum atomic E-state index is -4.41. The molecule has 1 saturated heterocycles. The molecule has 2 heterocycles. The van der Waals surface area contributed by atoms with Gasteiger partial charge in [0.05, 0.1) is 18.2 Å². The first-order valence-corrected chi connectivity index (χ1v) is 9.74. The quantitative estimate of drug-likeness (QED) is 0.745. The molecule has 2 aromatic carbocycles. The van der Waals surface area contributed by atoms with Crippen LogP contribution < -0.4 is 4.74 Å². The van der Waals surface area contributed by atoms with Gasteiger partial charge < -0.3 is 9.84 Å². The minimum Gasteiger partial charge on any atom is -0.497 e. The average molecular weight is 417 g/mol. The second-order valence-electron chi connectivity index (χ2n) is 7.86. The van der Waals surface area contributed by atoms with Crippen LogP contribution in [0, 0.1) is 0 Å². The molecule has 2 aromatic rings. The monoisotopic (exact) mass is 417 g/mol. The van der Waals surface area contributed by atoms with Crippen LogP contribution in [0.1, 0.15) is 36.0 Å². The number of alkyl halides is 3. The van der Waals surface area contributed by atoms with Crippen LogP contribution in [0.2, 0.25) is 0 Å². The zero-order valence-corrected chi connectivity index (χ0v) is 16.4. The van der Waals surface area contributed by atoms with E-state index in [1.165, 1.54) is 12.1 Å². The summed E-state index contributed by atoms with van der Waals surface area (Å²) in [6, 6.07) is 12.7. The van der Waals surface area contributed by atoms with Gasteiger partial charge in [-0.25, -0.2) is 4.79 Å². The number of carboxylic acids is 1. The normalized spacial score (nSPS) is 23.9. The maximum Gasteiger partial charge on any atom is 0.416 e. The van der Waals surface area contributed by atoms with Crippen molar-refractivity contribution in [2.24, 2.45) is 0 Å². The molecule has 158 valence electrons. The molecule has 0 aromatic heterocycles. The summed E-state index contributed by atoms with van der Waals surface area (Å²) in [5, 5.41) is 9.60. The van der Waals surface area contributed by atoms with Gasteiger partial charge in [-0.3, -0.25) is 4.90 Å². The molecule has 1 N–H and O–H groups in total. The van der Waals surface area contributed by atoms with Crippen molar-refractivity contribution in [3.05, 3.63) is 76.9 Å². The zero-order valence-electron chi connectivity index (χ0n) is 16.4. The van der Waals surface area contributed by atoms with E-state index in [1.54, 1.807) is 13.2 Å². The van der Waals surface area contributed by atoms with E-state index in [9.17, 15) is 23.1 Å². The molecular weight excluding hydrogens is 395 g/mol. The van der Waals surface area contributed by atoms with E-state index in [2.05, 4.69) is 4.90 Å². The SMILES string of the molecule is COc1ccc(CN2[C@H]3C=C(C(=O)O)C[C@]2(c2ccc(C(F)(F)F)cc2)CC3)cc1. The lowest BCUT2D eigenvalue weighted by molar-refractivity contribution is -0.137. The van der Waals surface area contributed by atoms with Crippen LogP contribution in [0.3, 0.4) is 0 Å². The fourth-order valence-electron chi connectivity index (χ4n) is 4.70. The number of aliphatic carboxylic acids is 1. The molecule has 0 unspecified atom stereocenters. The Kier molecular flexibility index (Phi) is 5.10. The van der Waals surface area contributed by atoms with E-state index in [1.807, 2.05) is 24.3 Å². The molecule has 7 heteroatoms. The van der Waals surface area contributed by atoms with Gasteiger partial charge in [0.15, 0.2) is 0 Å². The Morgan fingerprint density at radius 1 is 1.17 bits per heavy atom. The maximum absolute atomic E-state index is 13.0. The van der Waals surface area contributed by atoms with Gasteiger partial charge in [-0.05, 0) is 48.2 Å². The predicted octanol–water partition coefficient (Wildman–Crippen LogP) is 4.99. The molecular formula is C23H22F3NO3. The molecule has 1 fully saturated rings. The lowest BCUT2D eigenvalue weighted by Crippen LogP contribution is -2.47. The van der Waals surface area contributed by atoms with Gasteiger partial charge >= 0.3 is 12.1 Å². The van der Waals surface area contributed by atoms with Crippen molar-refractivity contribution in [1.82, 2.24) is 4.90 Å². The number of methoxy groups -OCH3 is 1. The summed E-state index contributed by atoms with van der Waals surface area (Å²) in [6.45, 7) is 0.569. The highest BCUT2D eigenvalue weighted by Crippen LogP contribution is 2.51. The molecule has 0 radical (unpaired) electrons. The van der Waals surface area contributed by atoms with Crippen molar-refractivity contribution in [3.8, 4) is 5.75 Å². The summed E-state index contributed by atoms with van der Waals surface area (Å²) in [5.74, 6) is -0.229. The van der Waals surface area contributed by atoms with Crippen molar-refractivity contribution in [1.29, 1.82) is 0 Å². The summed E-state index contributed by atoms with van der Waals surface area (Å²) >= 11 is 0. The number of halogens is 3. The molecule has 30 heavy (non-hydrogen) atoms. The topological polar surface area (TPSA) is 49.8 Å². The van der Waals surface area contributed by atoms with Crippen LogP contribution in [-0.2, 0) is 23.1 Å². The van der Waals surface area contributed by atoms with Crippen molar-refractivity contribution in [2.45, 2.75) is 43.6 Å². The number of carbonyl (C=O) groups is 1. The van der Waals surface area contributed by atoms with E-state index < -0.39 is 23.2 Å². The summed E-state index contributed by atoms with van der Waals surface area (Å²) < 4.78 is 44.3. The number of fused-ring (bicyclic) bond motifs is 2. The Morgan fingerprint density at radius 2 is 1.83 bits per heavy atom. The molecule has 2 bridgehead atoms. The van der Waals surface area contributed by atoms with Crippen molar-refractivity contribution in [3.63, 3.8) is 0 Å². The number of carboxylic acid groups (broad SMARTS) is 1. The first kappa shape index (κ1) is 20.5. The Labute approximate surface area is 172 Å². The van der Waals surface area contributed by atoms with E-state index in [-0.39, 0.29) is 12.5 Å². The number of hydrogen-bond donors (Lipinski definition) is 1. The summed E-state index contributed by atoms with van der Waals surface area (Å²) in [6.07, 6.45) is -0.905. The van der Waals surface area contributed by atoms with E-state index in [0.29, 0.717) is 18.5 Å². The van der Waals surface area contributed by atoms with Crippen LogP contribution in [0.5, 0.6) is 5.75 Å². The number of ether oxygens (including phenoxy) is 1. The van der Waals surface area contributed by atoms with Gasteiger partial charge in [-0.2, -0.15) is 13.2 Å². The standard InChI is InChI=1S/C23H22F3NO3/c1-30-20-8-2-15(3-9-20)14-27-19-10-11-22(27,13-16(12-19)21(28)29)17-4-6-18(7-5-17)23(24,25)26/h2-9,12,19H,10-11,13-14H2,1H3,(H,28,29)/t19-,22+/m1/s1. The first-order chi connectivity index (χ1) is 14.2. The van der Waals surface area contributed by atoms with Crippen LogP contribution in [0.15, 0.2) is 60.2 Å². The minimum absolute atomic E-state index is 0.0748. The molecule has 0 spiro atoms. The Bertz CT molecular complexity index is 967. The molecule has 4 rings (SSSR count). The summed E-state index contributed by atoms with van der Waals surface area (Å²) in [4.78, 5) is 13.9. The molecule has 2 aliphatic rings. The molecule has 2 atom stereocenters. The van der Waals surface area contributed by atoms with Crippen LogP contribution in [-0.4, -0.2) is 29.1 Å². The molecule has 0 aliphatic carbocycles. The van der Waals surface area contributed by atoms with Crippen LogP contribution >= 0.6 is 0 Å². The second kappa shape index (κ2) is 7.47. The first-order valence-electron chi connectivity index (χ1n) is 9.74. The number of benzene rings is 2. The highest BCUT2D eigenvalue weighted by molar-refractivity contribution is 5.87. The van der Waals surface area contributed by atoms with Crippen molar-refractivity contribution >= 4 is 5.97 Å². The summed E-state index contributed by atoms with van der Waals surface area (Å²) in [7, 11) is 1.59. The van der Waals surface area contributed by atoms with E-state index >= 15 is 0 Å². The predicted molar refractivity (Wildman–Crippen MR) is 105 cm³/mol. The van der Waals surface area contributed by atoms with Gasteiger partial charge in [-0.1, -0.05) is 30.3 Å². The summed E-state index contributed by atoms with van der Waals surface area (Å²) in [5.41, 5.74) is 0.730. The van der Waals surface area contributed by atoms with Crippen molar-refractivity contribution < 1.29 is 27.8 Å². The van der Waals surface area contributed by atoms with Crippen LogP contribution in [0.4, 0.5) is 13.2 Å². The maximum atomic E-state index is 13.0. The highest BCUT2D eigenvalue weighted by atomic mass is 19.4. The molecule has 0 amide bonds. The molecule has 2 aliphatic heterocycles. The zero-order chi connectivity index (χ0) is 21.5. The lowest BCUT2D eigenvalue weighted by atomic mass is 9.80. The fourth-order valence-corrected chi connectivity index (χ4v) is 4.70. The fraction of sp³-hybridized carbons (Fsp3) is 0.348. The third-order valence-corrected chi connectivity index (χ3v) is 6.22. The largest absolute Gasteiger partial charge is 0.497 e. The van der Waals surface area contributed by atoms with Gasteiger partial charge in [0.2, 0.25) is 0 Å². The third-order valence-electron chi connectivity index (χ3n) is 6.22. The number of hydrogen-bond acceptors (Lipinski definition) is 3. The van der Waals surface area contributed by atoms with Crippen molar-refractivity contribution in [2.75, 3.05) is 7.11 Å². The number of rotatable bonds is 5. The smallest absolute Gasteiger partial charge is 0.416 e. The van der Waals surface area contributed by atoms with Gasteiger partial charge in [0, 0.05) is 24.6 Å². The Balaban J connectivity index is 1.72. The van der Waals surface area contributed by atoms with Gasteiger partial charge in [0.25, 0.3) is 0 Å². The third kappa shape index (κ3) is 3.58. The van der Waals surface area contributed by atoms with Crippen LogP contribution in [0.25, 0.3) is 0 Å². The molecule has 0 saturated carbocycles. The van der Waals surface area contributed by atoms with E-state index in [4.69, 9.17) is 4.74 Å². The average Bonchev–Trinajstić information content (AvgIpc) is 2.93.